The van der Waals surface area contributed by atoms with Gasteiger partial charge in [-0.2, -0.15) is 9.97 Å². The quantitative estimate of drug-likeness (QED) is 0.558. The molecule has 0 saturated heterocycles. The minimum Gasteiger partial charge on any atom is -0.497 e. The van der Waals surface area contributed by atoms with Crippen LogP contribution in [0.5, 0.6) is 5.75 Å². The lowest BCUT2D eigenvalue weighted by molar-refractivity contribution is 0.410. The number of fused-ring (bicyclic) bond motifs is 1. The molecule has 2 heterocycles. The van der Waals surface area contributed by atoms with E-state index in [1.807, 2.05) is 24.3 Å². The van der Waals surface area contributed by atoms with E-state index in [0.29, 0.717) is 29.5 Å². The van der Waals surface area contributed by atoms with Crippen molar-refractivity contribution in [1.29, 1.82) is 0 Å². The Morgan fingerprint density at radius 1 is 1.12 bits per heavy atom. The van der Waals surface area contributed by atoms with E-state index in [2.05, 4.69) is 30.6 Å². The maximum Gasteiger partial charge on any atom is 0.227 e. The summed E-state index contributed by atoms with van der Waals surface area (Å²) < 4.78 is 5.20. The number of ether oxygens (including phenoxy) is 1. The zero-order valence-corrected chi connectivity index (χ0v) is 14.7. The average molecular weight is 353 g/mol. The molecule has 5 N–H and O–H groups in total. The Bertz CT molecular complexity index is 869. The van der Waals surface area contributed by atoms with Crippen LogP contribution in [0.2, 0.25) is 0 Å². The molecule has 0 bridgehead atoms. The Morgan fingerprint density at radius 2 is 1.88 bits per heavy atom. The molecule has 0 spiro atoms. The summed E-state index contributed by atoms with van der Waals surface area (Å²) in [5.41, 5.74) is 8.31. The predicted octanol–water partition coefficient (Wildman–Crippen LogP) is 2.79. The Labute approximate surface area is 151 Å². The number of nitrogens with two attached hydrogens (primary N) is 1. The fourth-order valence-electron chi connectivity index (χ4n) is 3.25. The highest BCUT2D eigenvalue weighted by atomic mass is 16.5. The minimum atomic E-state index is 0.315. The van der Waals surface area contributed by atoms with Crippen LogP contribution in [0, 0.1) is 0 Å². The molecule has 0 radical (unpaired) electrons. The molecule has 4 rings (SSSR count). The van der Waals surface area contributed by atoms with Crippen molar-refractivity contribution in [3.8, 4) is 5.75 Å². The molecule has 26 heavy (non-hydrogen) atoms. The lowest BCUT2D eigenvalue weighted by Crippen LogP contribution is -2.33. The highest BCUT2D eigenvalue weighted by Crippen LogP contribution is 2.26. The van der Waals surface area contributed by atoms with Gasteiger partial charge in [-0.05, 0) is 49.9 Å². The summed E-state index contributed by atoms with van der Waals surface area (Å²) in [4.78, 5) is 16.6. The maximum absolute atomic E-state index is 5.99. The molecule has 1 fully saturated rings. The lowest BCUT2D eigenvalue weighted by atomic mass is 9.92. The summed E-state index contributed by atoms with van der Waals surface area (Å²) in [6.45, 7) is 0. The van der Waals surface area contributed by atoms with Gasteiger partial charge in [-0.3, -0.25) is 0 Å². The lowest BCUT2D eigenvalue weighted by Gasteiger charge is -2.26. The number of aromatic nitrogens is 4. The summed E-state index contributed by atoms with van der Waals surface area (Å²) in [5, 5.41) is 6.77. The van der Waals surface area contributed by atoms with Crippen molar-refractivity contribution in [3.63, 3.8) is 0 Å². The summed E-state index contributed by atoms with van der Waals surface area (Å²) >= 11 is 0. The Kier molecular flexibility index (Phi) is 4.57. The van der Waals surface area contributed by atoms with Crippen LogP contribution in [0.1, 0.15) is 25.7 Å². The van der Waals surface area contributed by atoms with Crippen molar-refractivity contribution in [1.82, 2.24) is 19.9 Å². The molecule has 8 heteroatoms. The molecule has 1 aliphatic rings. The zero-order chi connectivity index (χ0) is 17.9. The van der Waals surface area contributed by atoms with E-state index < -0.39 is 0 Å². The second-order valence-corrected chi connectivity index (χ2v) is 6.61. The van der Waals surface area contributed by atoms with Gasteiger partial charge in [-0.25, -0.2) is 4.98 Å². The Morgan fingerprint density at radius 3 is 2.62 bits per heavy atom. The molecule has 136 valence electrons. The first-order valence-corrected chi connectivity index (χ1v) is 8.85. The van der Waals surface area contributed by atoms with Gasteiger partial charge in [0.25, 0.3) is 0 Å². The Balaban J connectivity index is 1.57. The summed E-state index contributed by atoms with van der Waals surface area (Å²) in [6.07, 6.45) is 5.75. The van der Waals surface area contributed by atoms with Gasteiger partial charge in [0.15, 0.2) is 11.5 Å². The van der Waals surface area contributed by atoms with Crippen molar-refractivity contribution < 1.29 is 4.74 Å². The first kappa shape index (κ1) is 16.6. The van der Waals surface area contributed by atoms with E-state index >= 15 is 0 Å². The highest BCUT2D eigenvalue weighted by molar-refractivity contribution is 5.86. The molecule has 3 aromatic rings. The van der Waals surface area contributed by atoms with Gasteiger partial charge in [-0.15, -0.1) is 0 Å². The number of aromatic amines is 1. The van der Waals surface area contributed by atoms with Gasteiger partial charge >= 0.3 is 0 Å². The van der Waals surface area contributed by atoms with E-state index in [-0.39, 0.29) is 0 Å². The standard InChI is InChI=1S/C18H23N7O/c1-26-14-8-6-12(7-9-14)22-17-15-16(21-10-20-15)24-18(25-17)23-13-4-2-11(19)3-5-13/h6-11,13H,2-5,19H2,1H3,(H3,20,21,22,23,24,25). The number of methoxy groups -OCH3 is 1. The van der Waals surface area contributed by atoms with Crippen molar-refractivity contribution in [2.75, 3.05) is 17.7 Å². The second kappa shape index (κ2) is 7.17. The third-order valence-corrected chi connectivity index (χ3v) is 4.74. The molecule has 0 aliphatic heterocycles. The largest absolute Gasteiger partial charge is 0.497 e. The number of nitrogens with one attached hydrogen (secondary N) is 3. The molecule has 1 saturated carbocycles. The molecule has 1 aliphatic carbocycles. The van der Waals surface area contributed by atoms with Crippen molar-refractivity contribution in [2.24, 2.45) is 5.73 Å². The predicted molar refractivity (Wildman–Crippen MR) is 102 cm³/mol. The average Bonchev–Trinajstić information content (AvgIpc) is 3.13. The maximum atomic E-state index is 5.99. The molecular formula is C18H23N7O. The first-order valence-electron chi connectivity index (χ1n) is 8.85. The normalized spacial score (nSPS) is 20.1. The van der Waals surface area contributed by atoms with Gasteiger partial charge < -0.3 is 26.1 Å². The molecule has 0 unspecified atom stereocenters. The number of H-pyrrole nitrogens is 1. The van der Waals surface area contributed by atoms with Crippen molar-refractivity contribution >= 4 is 28.6 Å². The Hall–Kier alpha value is -2.87. The topological polar surface area (TPSA) is 114 Å². The number of rotatable bonds is 5. The molecule has 2 aromatic heterocycles. The first-order chi connectivity index (χ1) is 12.7. The highest BCUT2D eigenvalue weighted by Gasteiger charge is 2.20. The third kappa shape index (κ3) is 3.55. The second-order valence-electron chi connectivity index (χ2n) is 6.61. The van der Waals surface area contributed by atoms with Gasteiger partial charge in [0.1, 0.15) is 11.3 Å². The van der Waals surface area contributed by atoms with Crippen molar-refractivity contribution in [2.45, 2.75) is 37.8 Å². The summed E-state index contributed by atoms with van der Waals surface area (Å²) in [5.74, 6) is 2.08. The van der Waals surface area contributed by atoms with Crippen LogP contribution in [0.4, 0.5) is 17.5 Å². The van der Waals surface area contributed by atoms with Crippen molar-refractivity contribution in [3.05, 3.63) is 30.6 Å². The van der Waals surface area contributed by atoms with Gasteiger partial charge in [-0.1, -0.05) is 0 Å². The monoisotopic (exact) mass is 353 g/mol. The number of hydrogen-bond acceptors (Lipinski definition) is 7. The van der Waals surface area contributed by atoms with Crippen LogP contribution in [-0.2, 0) is 0 Å². The number of nitrogens with zero attached hydrogens (tertiary/aromatic N) is 3. The van der Waals surface area contributed by atoms with Crippen LogP contribution >= 0.6 is 0 Å². The minimum absolute atomic E-state index is 0.315. The van der Waals surface area contributed by atoms with Gasteiger partial charge in [0.05, 0.1) is 13.4 Å². The molecule has 8 nitrogen and oxygen atoms in total. The van der Waals surface area contributed by atoms with Crippen LogP contribution in [0.25, 0.3) is 11.2 Å². The van der Waals surface area contributed by atoms with E-state index in [4.69, 9.17) is 10.5 Å². The van der Waals surface area contributed by atoms with Crippen LogP contribution in [-0.4, -0.2) is 39.1 Å². The molecular weight excluding hydrogens is 330 g/mol. The number of hydrogen-bond donors (Lipinski definition) is 4. The summed E-state index contributed by atoms with van der Waals surface area (Å²) in [6, 6.07) is 8.35. The number of anilines is 3. The SMILES string of the molecule is COc1ccc(Nc2nc(NC3CCC(N)CC3)nc3nc[nH]c23)cc1. The van der Waals surface area contributed by atoms with E-state index in [9.17, 15) is 0 Å². The van der Waals surface area contributed by atoms with E-state index in [1.165, 1.54) is 0 Å². The molecule has 1 aromatic carbocycles. The third-order valence-electron chi connectivity index (χ3n) is 4.74. The fourth-order valence-corrected chi connectivity index (χ4v) is 3.25. The fraction of sp³-hybridized carbons (Fsp3) is 0.389. The van der Waals surface area contributed by atoms with Crippen LogP contribution < -0.4 is 21.1 Å². The van der Waals surface area contributed by atoms with Gasteiger partial charge in [0.2, 0.25) is 5.95 Å². The number of imidazole rings is 1. The van der Waals surface area contributed by atoms with Gasteiger partial charge in [0, 0.05) is 17.8 Å². The molecule has 0 atom stereocenters. The zero-order valence-electron chi connectivity index (χ0n) is 14.7. The van der Waals surface area contributed by atoms with Crippen LogP contribution in [0.3, 0.4) is 0 Å². The number of benzene rings is 1. The van der Waals surface area contributed by atoms with Crippen LogP contribution in [0.15, 0.2) is 30.6 Å². The van der Waals surface area contributed by atoms with E-state index in [0.717, 1.165) is 42.6 Å². The van der Waals surface area contributed by atoms with E-state index in [1.54, 1.807) is 13.4 Å². The molecule has 0 amide bonds. The smallest absolute Gasteiger partial charge is 0.227 e. The summed E-state index contributed by atoms with van der Waals surface area (Å²) in [7, 11) is 1.65.